The Bertz CT molecular complexity index is 516. The van der Waals surface area contributed by atoms with Crippen LogP contribution in [0.15, 0.2) is 30.8 Å². The molecule has 0 aliphatic carbocycles. The first-order chi connectivity index (χ1) is 7.29. The van der Waals surface area contributed by atoms with Gasteiger partial charge in [-0.15, -0.1) is 0 Å². The first kappa shape index (κ1) is 12.3. The number of sulfonamides is 1. The van der Waals surface area contributed by atoms with Gasteiger partial charge in [0.2, 0.25) is 10.0 Å². The van der Waals surface area contributed by atoms with Crippen LogP contribution in [0.1, 0.15) is 5.56 Å². The van der Waals surface area contributed by atoms with Crippen molar-refractivity contribution < 1.29 is 18.3 Å². The molecule has 5 nitrogen and oxygen atoms in total. The number of rotatable bonds is 4. The monoisotopic (exact) mass is 241 g/mol. The third kappa shape index (κ3) is 3.39. The van der Waals surface area contributed by atoms with Gasteiger partial charge in [0.25, 0.3) is 0 Å². The molecule has 0 spiro atoms. The summed E-state index contributed by atoms with van der Waals surface area (Å²) in [5.41, 5.74) is 0.780. The van der Waals surface area contributed by atoms with Crippen LogP contribution in [-0.4, -0.2) is 25.7 Å². The Labute approximate surface area is 93.5 Å². The predicted molar refractivity (Wildman–Crippen MR) is 61.6 cm³/mol. The van der Waals surface area contributed by atoms with Gasteiger partial charge in [0.05, 0.1) is 11.8 Å². The highest BCUT2D eigenvalue weighted by Crippen LogP contribution is 2.16. The summed E-state index contributed by atoms with van der Waals surface area (Å²) < 4.78 is 24.1. The van der Waals surface area contributed by atoms with E-state index >= 15 is 0 Å². The molecule has 0 saturated heterocycles. The molecule has 6 heteroatoms. The number of aliphatic carboxylic acids is 1. The lowest BCUT2D eigenvalue weighted by molar-refractivity contribution is -0.130. The second-order valence-electron chi connectivity index (χ2n) is 3.24. The fourth-order valence-corrected chi connectivity index (χ4v) is 1.64. The summed E-state index contributed by atoms with van der Waals surface area (Å²) >= 11 is 0. The Morgan fingerprint density at radius 1 is 1.31 bits per heavy atom. The van der Waals surface area contributed by atoms with Gasteiger partial charge in [0.1, 0.15) is 0 Å². The molecule has 1 aromatic carbocycles. The summed E-state index contributed by atoms with van der Waals surface area (Å²) in [5.74, 6) is -1.11. The van der Waals surface area contributed by atoms with Crippen molar-refractivity contribution in [3.8, 4) is 0 Å². The third-order valence-corrected chi connectivity index (χ3v) is 2.40. The average molecular weight is 241 g/mol. The van der Waals surface area contributed by atoms with Crippen molar-refractivity contribution in [2.75, 3.05) is 11.0 Å². The minimum atomic E-state index is -3.32. The lowest BCUT2D eigenvalue weighted by Gasteiger charge is -2.05. The molecule has 86 valence electrons. The Kier molecular flexibility index (Phi) is 3.34. The van der Waals surface area contributed by atoms with Crippen LogP contribution in [-0.2, 0) is 14.8 Å². The van der Waals surface area contributed by atoms with E-state index in [2.05, 4.69) is 11.3 Å². The smallest absolute Gasteiger partial charge is 0.335 e. The van der Waals surface area contributed by atoms with Crippen LogP contribution >= 0.6 is 0 Å². The summed E-state index contributed by atoms with van der Waals surface area (Å²) in [5, 5.41) is 8.68. The Balaban J connectivity index is 2.92. The number of nitrogens with one attached hydrogen (secondary N) is 1. The zero-order valence-electron chi connectivity index (χ0n) is 8.60. The van der Waals surface area contributed by atoms with E-state index < -0.39 is 16.0 Å². The average Bonchev–Trinajstić information content (AvgIpc) is 2.15. The molecule has 0 atom stereocenters. The van der Waals surface area contributed by atoms with Crippen molar-refractivity contribution >= 4 is 27.3 Å². The molecule has 0 saturated carbocycles. The topological polar surface area (TPSA) is 83.5 Å². The van der Waals surface area contributed by atoms with Gasteiger partial charge in [-0.3, -0.25) is 4.72 Å². The van der Waals surface area contributed by atoms with Gasteiger partial charge in [0, 0.05) is 5.69 Å². The van der Waals surface area contributed by atoms with E-state index in [0.717, 1.165) is 6.26 Å². The van der Waals surface area contributed by atoms with E-state index in [-0.39, 0.29) is 5.57 Å². The largest absolute Gasteiger partial charge is 0.478 e. The van der Waals surface area contributed by atoms with Crippen molar-refractivity contribution in [2.24, 2.45) is 0 Å². The minimum Gasteiger partial charge on any atom is -0.478 e. The maximum absolute atomic E-state index is 10.9. The molecule has 16 heavy (non-hydrogen) atoms. The maximum atomic E-state index is 10.9. The molecule has 2 N–H and O–H groups in total. The second kappa shape index (κ2) is 4.36. The van der Waals surface area contributed by atoms with E-state index in [4.69, 9.17) is 5.11 Å². The van der Waals surface area contributed by atoms with Crippen molar-refractivity contribution in [1.82, 2.24) is 0 Å². The molecule has 0 aliphatic rings. The standard InChI is InChI=1S/C10H11NO4S/c1-7(10(12)13)8-3-5-9(6-4-8)11-16(2,14)15/h3-6,11H,1H2,2H3,(H,12,13). The number of carbonyl (C=O) groups is 1. The normalized spacial score (nSPS) is 10.8. The molecule has 0 radical (unpaired) electrons. The summed E-state index contributed by atoms with van der Waals surface area (Å²) in [6.45, 7) is 3.39. The first-order valence-electron chi connectivity index (χ1n) is 4.30. The number of carboxylic acids is 1. The minimum absolute atomic E-state index is 0.0362. The molecule has 0 bridgehead atoms. The maximum Gasteiger partial charge on any atom is 0.335 e. The zero-order valence-corrected chi connectivity index (χ0v) is 9.41. The zero-order chi connectivity index (χ0) is 12.3. The van der Waals surface area contributed by atoms with Gasteiger partial charge < -0.3 is 5.11 Å². The molecule has 0 heterocycles. The fourth-order valence-electron chi connectivity index (χ4n) is 1.08. The van der Waals surface area contributed by atoms with Crippen molar-refractivity contribution in [1.29, 1.82) is 0 Å². The van der Waals surface area contributed by atoms with Crippen LogP contribution in [0.4, 0.5) is 5.69 Å². The Morgan fingerprint density at radius 2 is 1.81 bits per heavy atom. The van der Waals surface area contributed by atoms with Crippen molar-refractivity contribution in [2.45, 2.75) is 0 Å². The lowest BCUT2D eigenvalue weighted by Crippen LogP contribution is -2.09. The van der Waals surface area contributed by atoms with E-state index in [1.54, 1.807) is 0 Å². The van der Waals surface area contributed by atoms with E-state index in [0.29, 0.717) is 11.3 Å². The van der Waals surface area contributed by atoms with Crippen LogP contribution in [0.25, 0.3) is 5.57 Å². The van der Waals surface area contributed by atoms with E-state index in [1.165, 1.54) is 24.3 Å². The molecule has 0 unspecified atom stereocenters. The highest BCUT2D eigenvalue weighted by atomic mass is 32.2. The molecule has 1 rings (SSSR count). The van der Waals surface area contributed by atoms with Crippen LogP contribution in [0.3, 0.4) is 0 Å². The highest BCUT2D eigenvalue weighted by molar-refractivity contribution is 7.92. The quantitative estimate of drug-likeness (QED) is 0.775. The fraction of sp³-hybridized carbons (Fsp3) is 0.100. The second-order valence-corrected chi connectivity index (χ2v) is 4.98. The Morgan fingerprint density at radius 3 is 2.19 bits per heavy atom. The van der Waals surface area contributed by atoms with Gasteiger partial charge in [-0.2, -0.15) is 0 Å². The summed E-state index contributed by atoms with van der Waals surface area (Å²) in [7, 11) is -3.32. The molecule has 0 amide bonds. The lowest BCUT2D eigenvalue weighted by atomic mass is 10.1. The molecule has 0 aromatic heterocycles. The summed E-state index contributed by atoms with van der Waals surface area (Å²) in [6.07, 6.45) is 1.04. The third-order valence-electron chi connectivity index (χ3n) is 1.79. The number of carboxylic acid groups (broad SMARTS) is 1. The van der Waals surface area contributed by atoms with E-state index in [1.807, 2.05) is 0 Å². The van der Waals surface area contributed by atoms with Crippen LogP contribution in [0.5, 0.6) is 0 Å². The van der Waals surface area contributed by atoms with Gasteiger partial charge in [0.15, 0.2) is 0 Å². The van der Waals surface area contributed by atoms with Gasteiger partial charge in [-0.05, 0) is 17.7 Å². The number of hydrogen-bond donors (Lipinski definition) is 2. The van der Waals surface area contributed by atoms with Gasteiger partial charge in [-0.25, -0.2) is 13.2 Å². The van der Waals surface area contributed by atoms with Crippen LogP contribution < -0.4 is 4.72 Å². The molecule has 0 aliphatic heterocycles. The molecule has 1 aromatic rings. The van der Waals surface area contributed by atoms with Gasteiger partial charge in [-0.1, -0.05) is 18.7 Å². The van der Waals surface area contributed by atoms with E-state index in [9.17, 15) is 13.2 Å². The Hall–Kier alpha value is -1.82. The predicted octanol–water partition coefficient (Wildman–Crippen LogP) is 1.16. The molecular formula is C10H11NO4S. The number of benzene rings is 1. The van der Waals surface area contributed by atoms with Crippen LogP contribution in [0.2, 0.25) is 0 Å². The van der Waals surface area contributed by atoms with Gasteiger partial charge >= 0.3 is 5.97 Å². The summed E-state index contributed by atoms with van der Waals surface area (Å²) in [6, 6.07) is 5.93. The van der Waals surface area contributed by atoms with Crippen molar-refractivity contribution in [3.05, 3.63) is 36.4 Å². The summed E-state index contributed by atoms with van der Waals surface area (Å²) in [4.78, 5) is 10.6. The first-order valence-corrected chi connectivity index (χ1v) is 6.19. The van der Waals surface area contributed by atoms with Crippen molar-refractivity contribution in [3.63, 3.8) is 0 Å². The number of hydrogen-bond acceptors (Lipinski definition) is 3. The molecular weight excluding hydrogens is 230 g/mol. The molecule has 0 fully saturated rings. The number of anilines is 1. The van der Waals surface area contributed by atoms with Crippen LogP contribution in [0, 0.1) is 0 Å². The highest BCUT2D eigenvalue weighted by Gasteiger charge is 2.07. The SMILES string of the molecule is C=C(C(=O)O)c1ccc(NS(C)(=O)=O)cc1.